The number of fused-ring (bicyclic) bond motifs is 1. The van der Waals surface area contributed by atoms with E-state index in [0.29, 0.717) is 18.1 Å². The van der Waals surface area contributed by atoms with E-state index in [1.165, 1.54) is 4.52 Å². The lowest BCUT2D eigenvalue weighted by Gasteiger charge is -2.01. The minimum absolute atomic E-state index is 0.0508. The number of aryl methyl sites for hydroxylation is 3. The van der Waals surface area contributed by atoms with Crippen molar-refractivity contribution < 1.29 is 4.79 Å². The zero-order chi connectivity index (χ0) is 17.9. The van der Waals surface area contributed by atoms with Gasteiger partial charge in [0.25, 0.3) is 11.7 Å². The Kier molecular flexibility index (Phi) is 4.10. The van der Waals surface area contributed by atoms with Gasteiger partial charge in [-0.25, -0.2) is 9.50 Å². The van der Waals surface area contributed by atoms with E-state index >= 15 is 0 Å². The van der Waals surface area contributed by atoms with E-state index in [1.54, 1.807) is 35.4 Å². The maximum absolute atomic E-state index is 12.3. The highest BCUT2D eigenvalue weighted by molar-refractivity contribution is 6.01. The van der Waals surface area contributed by atoms with Crippen LogP contribution in [0.4, 0.5) is 5.82 Å². The Hall–Kier alpha value is -3.62. The molecule has 1 amide bonds. The number of nitrogens with zero attached hydrogens (tertiary/aromatic N) is 7. The molecule has 9 heteroatoms. The summed E-state index contributed by atoms with van der Waals surface area (Å²) in [5.41, 5.74) is 1.84. The molecule has 9 nitrogen and oxygen atoms in total. The first-order valence-electron chi connectivity index (χ1n) is 8.12. The zero-order valence-electron chi connectivity index (χ0n) is 14.1. The molecule has 1 N–H and O–H groups in total. The van der Waals surface area contributed by atoms with Crippen LogP contribution in [0.25, 0.3) is 5.78 Å². The van der Waals surface area contributed by atoms with Crippen LogP contribution < -0.4 is 5.32 Å². The third-order valence-electron chi connectivity index (χ3n) is 3.84. The van der Waals surface area contributed by atoms with Crippen molar-refractivity contribution in [2.75, 3.05) is 5.32 Å². The molecule has 0 aliphatic rings. The van der Waals surface area contributed by atoms with Gasteiger partial charge < -0.3 is 5.32 Å². The lowest BCUT2D eigenvalue weighted by molar-refractivity contribution is 0.101. The van der Waals surface area contributed by atoms with Crippen molar-refractivity contribution in [3.63, 3.8) is 0 Å². The number of rotatable bonds is 5. The summed E-state index contributed by atoms with van der Waals surface area (Å²) >= 11 is 0. The number of hydrogen-bond donors (Lipinski definition) is 1. The maximum atomic E-state index is 12.3. The molecule has 26 heavy (non-hydrogen) atoms. The number of carbonyl (C=O) groups excluding carboxylic acids is 1. The molecule has 4 aromatic rings. The highest BCUT2D eigenvalue weighted by atomic mass is 16.2. The van der Waals surface area contributed by atoms with Crippen molar-refractivity contribution in [1.82, 2.24) is 34.3 Å². The van der Waals surface area contributed by atoms with Crippen molar-refractivity contribution in [3.8, 4) is 0 Å². The van der Waals surface area contributed by atoms with Gasteiger partial charge in [-0.1, -0.05) is 6.07 Å². The van der Waals surface area contributed by atoms with Crippen LogP contribution in [0.2, 0.25) is 0 Å². The van der Waals surface area contributed by atoms with Gasteiger partial charge in [0, 0.05) is 49.0 Å². The lowest BCUT2D eigenvalue weighted by atomic mass is 10.3. The van der Waals surface area contributed by atoms with Crippen molar-refractivity contribution in [1.29, 1.82) is 0 Å². The minimum atomic E-state index is -0.426. The van der Waals surface area contributed by atoms with Crippen molar-refractivity contribution in [2.45, 2.75) is 19.9 Å². The Morgan fingerprint density at radius 1 is 1.12 bits per heavy atom. The first-order chi connectivity index (χ1) is 12.7. The summed E-state index contributed by atoms with van der Waals surface area (Å²) in [4.78, 5) is 24.9. The summed E-state index contributed by atoms with van der Waals surface area (Å²) in [6.07, 6.45) is 5.96. The molecule has 0 saturated carbocycles. The summed E-state index contributed by atoms with van der Waals surface area (Å²) in [5.74, 6) is 0.454. The fraction of sp³-hybridized carbons (Fsp3) is 0.176. The summed E-state index contributed by atoms with van der Waals surface area (Å²) in [7, 11) is 0. The number of aromatic nitrogens is 7. The molecule has 0 aliphatic carbocycles. The van der Waals surface area contributed by atoms with Gasteiger partial charge in [-0.05, 0) is 25.1 Å². The molecule has 4 rings (SSSR count). The third-order valence-corrected chi connectivity index (χ3v) is 3.84. The predicted molar refractivity (Wildman–Crippen MR) is 93.6 cm³/mol. The monoisotopic (exact) mass is 348 g/mol. The van der Waals surface area contributed by atoms with E-state index in [4.69, 9.17) is 0 Å². The van der Waals surface area contributed by atoms with Gasteiger partial charge in [-0.2, -0.15) is 10.1 Å². The smallest absolute Gasteiger partial charge is 0.296 e. The van der Waals surface area contributed by atoms with Crippen LogP contribution in [0, 0.1) is 6.92 Å². The number of carbonyl (C=O) groups is 1. The Labute approximate surface area is 148 Å². The molecular weight excluding hydrogens is 332 g/mol. The van der Waals surface area contributed by atoms with E-state index in [-0.39, 0.29) is 5.82 Å². The number of anilines is 1. The Balaban J connectivity index is 1.43. The molecule has 0 saturated heterocycles. The van der Waals surface area contributed by atoms with Crippen LogP contribution in [0.15, 0.2) is 48.9 Å². The van der Waals surface area contributed by atoms with Crippen LogP contribution in [0.5, 0.6) is 0 Å². The molecule has 0 atom stereocenters. The van der Waals surface area contributed by atoms with Crippen molar-refractivity contribution in [2.24, 2.45) is 0 Å². The minimum Gasteiger partial charge on any atom is -0.302 e. The number of amides is 1. The molecule has 0 fully saturated rings. The fourth-order valence-corrected chi connectivity index (χ4v) is 2.50. The van der Waals surface area contributed by atoms with Crippen LogP contribution in [-0.2, 0) is 13.0 Å². The van der Waals surface area contributed by atoms with Gasteiger partial charge in [0.2, 0.25) is 5.82 Å². The first kappa shape index (κ1) is 15.9. The van der Waals surface area contributed by atoms with E-state index in [2.05, 4.69) is 30.5 Å². The van der Waals surface area contributed by atoms with Crippen LogP contribution in [0.1, 0.15) is 22.0 Å². The van der Waals surface area contributed by atoms with E-state index in [1.807, 2.05) is 25.1 Å². The van der Waals surface area contributed by atoms with Gasteiger partial charge >= 0.3 is 0 Å². The van der Waals surface area contributed by atoms with Crippen LogP contribution in [0.3, 0.4) is 0 Å². The third kappa shape index (κ3) is 3.27. The molecular formula is C17H16N8O. The number of pyridine rings is 1. The topological polar surface area (TPSA) is 103 Å². The molecule has 0 aromatic carbocycles. The second-order valence-electron chi connectivity index (χ2n) is 5.72. The molecule has 0 radical (unpaired) electrons. The molecule has 4 heterocycles. The van der Waals surface area contributed by atoms with Crippen LogP contribution >= 0.6 is 0 Å². The van der Waals surface area contributed by atoms with Gasteiger partial charge in [0.15, 0.2) is 5.82 Å². The second kappa shape index (κ2) is 6.71. The molecule has 130 valence electrons. The average molecular weight is 348 g/mol. The van der Waals surface area contributed by atoms with Gasteiger partial charge in [-0.15, -0.1) is 5.10 Å². The van der Waals surface area contributed by atoms with Crippen molar-refractivity contribution in [3.05, 3.63) is 66.1 Å². The summed E-state index contributed by atoms with van der Waals surface area (Å²) in [5, 5.41) is 11.2. The standard InChI is InChI=1S/C17H16N8O/c1-12-5-9-19-17-21-15(23-25(12)17)16(26)20-14-7-11-24(22-14)10-6-13-4-2-3-8-18-13/h2-5,7-9,11H,6,10H2,1H3,(H,20,22,26). The number of nitrogens with one attached hydrogen (secondary N) is 1. The Bertz CT molecular complexity index is 1050. The maximum Gasteiger partial charge on any atom is 0.296 e. The quantitative estimate of drug-likeness (QED) is 0.586. The van der Waals surface area contributed by atoms with E-state index in [0.717, 1.165) is 17.8 Å². The molecule has 0 bridgehead atoms. The van der Waals surface area contributed by atoms with Crippen molar-refractivity contribution >= 4 is 17.5 Å². The second-order valence-corrected chi connectivity index (χ2v) is 5.72. The Morgan fingerprint density at radius 3 is 2.85 bits per heavy atom. The average Bonchev–Trinajstić information content (AvgIpc) is 3.28. The molecule has 4 aromatic heterocycles. The highest BCUT2D eigenvalue weighted by Gasteiger charge is 2.15. The van der Waals surface area contributed by atoms with E-state index in [9.17, 15) is 4.79 Å². The molecule has 0 aliphatic heterocycles. The number of hydrogen-bond acceptors (Lipinski definition) is 6. The normalized spacial score (nSPS) is 11.0. The highest BCUT2D eigenvalue weighted by Crippen LogP contribution is 2.07. The molecule has 0 unspecified atom stereocenters. The largest absolute Gasteiger partial charge is 0.302 e. The SMILES string of the molecule is Cc1ccnc2nc(C(=O)Nc3ccn(CCc4ccccn4)n3)nn12. The zero-order valence-corrected chi connectivity index (χ0v) is 14.1. The molecule has 0 spiro atoms. The predicted octanol–water partition coefficient (Wildman–Crippen LogP) is 1.52. The van der Waals surface area contributed by atoms with Gasteiger partial charge in [0.1, 0.15) is 0 Å². The summed E-state index contributed by atoms with van der Waals surface area (Å²) < 4.78 is 3.29. The summed E-state index contributed by atoms with van der Waals surface area (Å²) in [6.45, 7) is 2.54. The van der Waals surface area contributed by atoms with Gasteiger partial charge in [-0.3, -0.25) is 14.5 Å². The van der Waals surface area contributed by atoms with Crippen LogP contribution in [-0.4, -0.2) is 40.3 Å². The lowest BCUT2D eigenvalue weighted by Crippen LogP contribution is -2.15. The fourth-order valence-electron chi connectivity index (χ4n) is 2.50. The summed E-state index contributed by atoms with van der Waals surface area (Å²) in [6, 6.07) is 9.34. The first-order valence-corrected chi connectivity index (χ1v) is 8.12. The van der Waals surface area contributed by atoms with E-state index < -0.39 is 5.91 Å². The van der Waals surface area contributed by atoms with Gasteiger partial charge in [0.05, 0.1) is 0 Å². The Morgan fingerprint density at radius 2 is 2.04 bits per heavy atom.